The normalized spacial score (nSPS) is 14.0. The van der Waals surface area contributed by atoms with Crippen LogP contribution in [0.5, 0.6) is 0 Å². The van der Waals surface area contributed by atoms with Crippen LogP contribution in [-0.4, -0.2) is 13.6 Å². The first-order chi connectivity index (χ1) is 7.81. The van der Waals surface area contributed by atoms with Gasteiger partial charge in [0, 0.05) is 19.4 Å². The molecule has 84 valence electrons. The molecule has 1 aliphatic rings. The Balaban J connectivity index is 2.20. The zero-order valence-corrected chi connectivity index (χ0v) is 9.48. The van der Waals surface area contributed by atoms with Crippen LogP contribution in [0.1, 0.15) is 12.0 Å². The van der Waals surface area contributed by atoms with Gasteiger partial charge < -0.3 is 16.0 Å². The summed E-state index contributed by atoms with van der Waals surface area (Å²) in [5.41, 5.74) is 8.97. The summed E-state index contributed by atoms with van der Waals surface area (Å²) in [5.74, 6) is 0. The molecule has 3 nitrogen and oxygen atoms in total. The Kier molecular flexibility index (Phi) is 3.27. The number of hydrogen-bond donors (Lipinski definition) is 2. The van der Waals surface area contributed by atoms with Gasteiger partial charge in [0.15, 0.2) is 0 Å². The molecule has 0 aromatic heterocycles. The van der Waals surface area contributed by atoms with E-state index < -0.39 is 0 Å². The second-order valence-electron chi connectivity index (χ2n) is 3.83. The zero-order valence-electron chi connectivity index (χ0n) is 9.48. The number of nitrogens with one attached hydrogen (secondary N) is 1. The summed E-state index contributed by atoms with van der Waals surface area (Å²) in [4.78, 5) is 2.10. The lowest BCUT2D eigenvalue weighted by Crippen LogP contribution is -2.14. The molecule has 0 aliphatic carbocycles. The standard InChI is InChI=1S/C13H17N3/c1-16-9-8-15-12-10-11(4-2-3-7-14)5-6-13(12)16/h2,4-6,8-10,15H,3,7,14H2,1H3/b4-2+. The second kappa shape index (κ2) is 4.86. The molecule has 0 bridgehead atoms. The van der Waals surface area contributed by atoms with Gasteiger partial charge in [-0.3, -0.25) is 0 Å². The van der Waals surface area contributed by atoms with E-state index in [0.717, 1.165) is 12.1 Å². The van der Waals surface area contributed by atoms with Crippen LogP contribution in [0.2, 0.25) is 0 Å². The highest BCUT2D eigenvalue weighted by molar-refractivity contribution is 5.77. The first-order valence-electron chi connectivity index (χ1n) is 5.48. The Hall–Kier alpha value is -1.74. The van der Waals surface area contributed by atoms with Crippen molar-refractivity contribution in [2.75, 3.05) is 23.8 Å². The largest absolute Gasteiger partial charge is 0.359 e. The van der Waals surface area contributed by atoms with Crippen LogP contribution in [0.3, 0.4) is 0 Å². The molecule has 0 spiro atoms. The third kappa shape index (κ3) is 2.25. The summed E-state index contributed by atoms with van der Waals surface area (Å²) >= 11 is 0. The molecule has 1 aromatic carbocycles. The molecule has 0 radical (unpaired) electrons. The van der Waals surface area contributed by atoms with E-state index in [-0.39, 0.29) is 0 Å². The summed E-state index contributed by atoms with van der Waals surface area (Å²) < 4.78 is 0. The van der Waals surface area contributed by atoms with Crippen molar-refractivity contribution in [2.24, 2.45) is 5.73 Å². The fourth-order valence-electron chi connectivity index (χ4n) is 1.72. The van der Waals surface area contributed by atoms with Gasteiger partial charge in [-0.25, -0.2) is 0 Å². The highest BCUT2D eigenvalue weighted by Gasteiger charge is 2.08. The highest BCUT2D eigenvalue weighted by atomic mass is 15.1. The van der Waals surface area contributed by atoms with Crippen molar-refractivity contribution in [3.8, 4) is 0 Å². The zero-order chi connectivity index (χ0) is 11.4. The van der Waals surface area contributed by atoms with Crippen LogP contribution < -0.4 is 16.0 Å². The second-order valence-corrected chi connectivity index (χ2v) is 3.83. The molecule has 1 heterocycles. The van der Waals surface area contributed by atoms with Crippen LogP contribution in [0, 0.1) is 0 Å². The van der Waals surface area contributed by atoms with Gasteiger partial charge in [-0.1, -0.05) is 18.2 Å². The first-order valence-corrected chi connectivity index (χ1v) is 5.48. The SMILES string of the molecule is CN1C=CNc2cc(/C=C/CCN)ccc21. The average Bonchev–Trinajstić information content (AvgIpc) is 2.30. The molecule has 0 amide bonds. The summed E-state index contributed by atoms with van der Waals surface area (Å²) in [6.07, 6.45) is 9.07. The molecule has 16 heavy (non-hydrogen) atoms. The monoisotopic (exact) mass is 215 g/mol. The van der Waals surface area contributed by atoms with Crippen LogP contribution in [0.4, 0.5) is 11.4 Å². The summed E-state index contributed by atoms with van der Waals surface area (Å²) in [5, 5.41) is 3.24. The Bertz CT molecular complexity index is 421. The topological polar surface area (TPSA) is 41.3 Å². The molecular weight excluding hydrogens is 198 g/mol. The van der Waals surface area contributed by atoms with E-state index >= 15 is 0 Å². The van der Waals surface area contributed by atoms with E-state index in [2.05, 4.69) is 40.6 Å². The summed E-state index contributed by atoms with van der Waals surface area (Å²) in [6.45, 7) is 0.700. The third-order valence-electron chi connectivity index (χ3n) is 2.58. The van der Waals surface area contributed by atoms with E-state index in [9.17, 15) is 0 Å². The Morgan fingerprint density at radius 1 is 1.44 bits per heavy atom. The summed E-state index contributed by atoms with van der Waals surface area (Å²) in [6, 6.07) is 6.37. The summed E-state index contributed by atoms with van der Waals surface area (Å²) in [7, 11) is 2.04. The molecule has 0 saturated heterocycles. The Morgan fingerprint density at radius 2 is 2.31 bits per heavy atom. The number of nitrogens with zero attached hydrogens (tertiary/aromatic N) is 1. The van der Waals surface area contributed by atoms with Crippen molar-refractivity contribution >= 4 is 17.5 Å². The minimum Gasteiger partial charge on any atom is -0.359 e. The van der Waals surface area contributed by atoms with Crippen LogP contribution in [-0.2, 0) is 0 Å². The molecule has 3 heteroatoms. The van der Waals surface area contributed by atoms with E-state index in [4.69, 9.17) is 5.73 Å². The highest BCUT2D eigenvalue weighted by Crippen LogP contribution is 2.29. The van der Waals surface area contributed by atoms with E-state index in [1.165, 1.54) is 11.3 Å². The predicted molar refractivity (Wildman–Crippen MR) is 70.3 cm³/mol. The van der Waals surface area contributed by atoms with Crippen molar-refractivity contribution < 1.29 is 0 Å². The maximum absolute atomic E-state index is 5.44. The van der Waals surface area contributed by atoms with Crippen molar-refractivity contribution in [1.82, 2.24) is 0 Å². The number of benzene rings is 1. The lowest BCUT2D eigenvalue weighted by Gasteiger charge is -2.23. The van der Waals surface area contributed by atoms with Crippen LogP contribution in [0.15, 0.2) is 36.7 Å². The number of rotatable bonds is 3. The molecule has 1 aliphatic heterocycles. The minimum absolute atomic E-state index is 0.700. The van der Waals surface area contributed by atoms with Crippen LogP contribution in [0.25, 0.3) is 6.08 Å². The van der Waals surface area contributed by atoms with Crippen molar-refractivity contribution in [3.63, 3.8) is 0 Å². The first kappa shape index (κ1) is 10.8. The van der Waals surface area contributed by atoms with Gasteiger partial charge in [-0.2, -0.15) is 0 Å². The minimum atomic E-state index is 0.700. The molecule has 3 N–H and O–H groups in total. The number of hydrogen-bond acceptors (Lipinski definition) is 3. The van der Waals surface area contributed by atoms with E-state index in [1.54, 1.807) is 0 Å². The average molecular weight is 215 g/mol. The fraction of sp³-hybridized carbons (Fsp3) is 0.231. The Labute approximate surface area is 96.3 Å². The number of anilines is 2. The molecule has 0 atom stereocenters. The van der Waals surface area contributed by atoms with Gasteiger partial charge in [0.05, 0.1) is 11.4 Å². The van der Waals surface area contributed by atoms with Gasteiger partial charge in [0.2, 0.25) is 0 Å². The van der Waals surface area contributed by atoms with Crippen molar-refractivity contribution in [2.45, 2.75) is 6.42 Å². The molecule has 0 fully saturated rings. The quantitative estimate of drug-likeness (QED) is 0.813. The lowest BCUT2D eigenvalue weighted by atomic mass is 10.1. The molecular formula is C13H17N3. The number of nitrogens with two attached hydrogens (primary N) is 1. The fourth-order valence-corrected chi connectivity index (χ4v) is 1.72. The Morgan fingerprint density at radius 3 is 3.12 bits per heavy atom. The smallest absolute Gasteiger partial charge is 0.0643 e. The maximum atomic E-state index is 5.44. The number of fused-ring (bicyclic) bond motifs is 1. The van der Waals surface area contributed by atoms with E-state index in [0.29, 0.717) is 6.54 Å². The predicted octanol–water partition coefficient (Wildman–Crippen LogP) is 2.38. The molecule has 0 unspecified atom stereocenters. The van der Waals surface area contributed by atoms with E-state index in [1.807, 2.05) is 19.4 Å². The molecule has 0 saturated carbocycles. The van der Waals surface area contributed by atoms with Gasteiger partial charge in [-0.15, -0.1) is 0 Å². The van der Waals surface area contributed by atoms with Gasteiger partial charge in [-0.05, 0) is 30.7 Å². The molecule has 1 aromatic rings. The molecule has 2 rings (SSSR count). The van der Waals surface area contributed by atoms with Crippen LogP contribution >= 0.6 is 0 Å². The van der Waals surface area contributed by atoms with Crippen molar-refractivity contribution in [1.29, 1.82) is 0 Å². The maximum Gasteiger partial charge on any atom is 0.0643 e. The van der Waals surface area contributed by atoms with Gasteiger partial charge >= 0.3 is 0 Å². The third-order valence-corrected chi connectivity index (χ3v) is 2.58. The van der Waals surface area contributed by atoms with Gasteiger partial charge in [0.25, 0.3) is 0 Å². The van der Waals surface area contributed by atoms with Crippen molar-refractivity contribution in [3.05, 3.63) is 42.2 Å². The lowest BCUT2D eigenvalue weighted by molar-refractivity contribution is 1.01. The van der Waals surface area contributed by atoms with Gasteiger partial charge in [0.1, 0.15) is 0 Å².